The van der Waals surface area contributed by atoms with Gasteiger partial charge in [0.05, 0.1) is 23.8 Å². The molecule has 0 radical (unpaired) electrons. The van der Waals surface area contributed by atoms with Gasteiger partial charge >= 0.3 is 5.97 Å². The summed E-state index contributed by atoms with van der Waals surface area (Å²) in [6.07, 6.45) is 2.42. The number of hydrogen-bond donors (Lipinski definition) is 0. The standard InChI is InChI=1S/C15H18N2O4S/c1-22(19,20)17-7-3-6-14(10-17)15(18)21-11-13-5-2-4-12(8-13)9-16/h2,4-5,8,14H,3,6-7,10-11H2,1H3/t14-/m1/s1. The van der Waals surface area contributed by atoms with Crippen molar-refractivity contribution in [3.05, 3.63) is 35.4 Å². The van der Waals surface area contributed by atoms with Crippen LogP contribution < -0.4 is 0 Å². The zero-order chi connectivity index (χ0) is 16.2. The first kappa shape index (κ1) is 16.5. The van der Waals surface area contributed by atoms with Crippen LogP contribution >= 0.6 is 0 Å². The summed E-state index contributed by atoms with van der Waals surface area (Å²) in [6.45, 7) is 0.715. The van der Waals surface area contributed by atoms with E-state index in [0.717, 1.165) is 11.8 Å². The van der Waals surface area contributed by atoms with Gasteiger partial charge < -0.3 is 4.74 Å². The van der Waals surface area contributed by atoms with Gasteiger partial charge in [0.2, 0.25) is 10.0 Å². The molecule has 0 N–H and O–H groups in total. The number of benzene rings is 1. The molecular formula is C15H18N2O4S. The van der Waals surface area contributed by atoms with Crippen LogP contribution in [0.4, 0.5) is 0 Å². The average molecular weight is 322 g/mol. The molecule has 1 heterocycles. The number of nitriles is 1. The van der Waals surface area contributed by atoms with Crippen LogP contribution in [0.1, 0.15) is 24.0 Å². The van der Waals surface area contributed by atoms with E-state index in [9.17, 15) is 13.2 Å². The molecule has 0 unspecified atom stereocenters. The van der Waals surface area contributed by atoms with Crippen LogP contribution in [-0.2, 0) is 26.2 Å². The number of carbonyl (C=O) groups is 1. The lowest BCUT2D eigenvalue weighted by atomic mass is 10.00. The summed E-state index contributed by atoms with van der Waals surface area (Å²) in [6, 6.07) is 8.87. The number of nitrogens with zero attached hydrogens (tertiary/aromatic N) is 2. The average Bonchev–Trinajstić information content (AvgIpc) is 2.52. The minimum absolute atomic E-state index is 0.0870. The zero-order valence-electron chi connectivity index (χ0n) is 12.4. The molecule has 0 amide bonds. The van der Waals surface area contributed by atoms with Crippen molar-refractivity contribution in [3.63, 3.8) is 0 Å². The van der Waals surface area contributed by atoms with E-state index in [1.54, 1.807) is 24.3 Å². The van der Waals surface area contributed by atoms with Crippen molar-refractivity contribution in [2.24, 2.45) is 5.92 Å². The fraction of sp³-hybridized carbons (Fsp3) is 0.467. The molecule has 118 valence electrons. The van der Waals surface area contributed by atoms with Crippen molar-refractivity contribution in [1.29, 1.82) is 5.26 Å². The van der Waals surface area contributed by atoms with E-state index in [1.807, 2.05) is 6.07 Å². The maximum atomic E-state index is 12.1. The van der Waals surface area contributed by atoms with Crippen LogP contribution in [0.15, 0.2) is 24.3 Å². The molecule has 0 spiro atoms. The molecule has 2 rings (SSSR count). The van der Waals surface area contributed by atoms with E-state index in [1.165, 1.54) is 4.31 Å². The normalized spacial score (nSPS) is 19.4. The molecule has 0 aromatic heterocycles. The van der Waals surface area contributed by atoms with Gasteiger partial charge in [0.1, 0.15) is 6.61 Å². The highest BCUT2D eigenvalue weighted by atomic mass is 32.2. The molecule has 1 aliphatic rings. The van der Waals surface area contributed by atoms with Crippen LogP contribution in [0, 0.1) is 17.2 Å². The predicted octanol–water partition coefficient (Wildman–Crippen LogP) is 1.27. The lowest BCUT2D eigenvalue weighted by Crippen LogP contribution is -2.42. The van der Waals surface area contributed by atoms with E-state index in [2.05, 4.69) is 0 Å². The summed E-state index contributed by atoms with van der Waals surface area (Å²) in [7, 11) is -3.28. The highest BCUT2D eigenvalue weighted by Gasteiger charge is 2.31. The number of sulfonamides is 1. The van der Waals surface area contributed by atoms with E-state index < -0.39 is 21.9 Å². The Bertz CT molecular complexity index is 694. The van der Waals surface area contributed by atoms with Crippen molar-refractivity contribution < 1.29 is 17.9 Å². The lowest BCUT2D eigenvalue weighted by molar-refractivity contribution is -0.151. The summed E-state index contributed by atoms with van der Waals surface area (Å²) >= 11 is 0. The fourth-order valence-corrected chi connectivity index (χ4v) is 3.35. The molecular weight excluding hydrogens is 304 g/mol. The third-order valence-corrected chi connectivity index (χ3v) is 4.89. The Morgan fingerprint density at radius 3 is 2.95 bits per heavy atom. The Morgan fingerprint density at radius 1 is 1.50 bits per heavy atom. The monoisotopic (exact) mass is 322 g/mol. The number of carbonyl (C=O) groups excluding carboxylic acids is 1. The molecule has 22 heavy (non-hydrogen) atoms. The van der Waals surface area contributed by atoms with Gasteiger partial charge in [-0.15, -0.1) is 0 Å². The maximum absolute atomic E-state index is 12.1. The van der Waals surface area contributed by atoms with Gasteiger partial charge in [-0.05, 0) is 30.5 Å². The largest absolute Gasteiger partial charge is 0.461 e. The summed E-state index contributed by atoms with van der Waals surface area (Å²) in [5.74, 6) is -0.821. The van der Waals surface area contributed by atoms with Crippen LogP contribution in [0.25, 0.3) is 0 Å². The summed E-state index contributed by atoms with van der Waals surface area (Å²) in [5, 5.41) is 8.83. The Kier molecular flexibility index (Phi) is 5.16. The van der Waals surface area contributed by atoms with Gasteiger partial charge in [0.25, 0.3) is 0 Å². The van der Waals surface area contributed by atoms with Gasteiger partial charge in [0.15, 0.2) is 0 Å². The molecule has 7 heteroatoms. The molecule has 0 bridgehead atoms. The molecule has 0 aliphatic carbocycles. The lowest BCUT2D eigenvalue weighted by Gasteiger charge is -2.29. The third-order valence-electron chi connectivity index (χ3n) is 3.62. The van der Waals surface area contributed by atoms with Crippen molar-refractivity contribution in [2.75, 3.05) is 19.3 Å². The molecule has 6 nitrogen and oxygen atoms in total. The molecule has 1 aliphatic heterocycles. The van der Waals surface area contributed by atoms with Crippen molar-refractivity contribution in [2.45, 2.75) is 19.4 Å². The summed E-state index contributed by atoms with van der Waals surface area (Å²) in [5.41, 5.74) is 1.25. The molecule has 1 saturated heterocycles. The Labute approximate surface area is 130 Å². The Hall–Kier alpha value is -1.91. The summed E-state index contributed by atoms with van der Waals surface area (Å²) in [4.78, 5) is 12.1. The van der Waals surface area contributed by atoms with E-state index in [0.29, 0.717) is 24.9 Å². The zero-order valence-corrected chi connectivity index (χ0v) is 13.2. The highest BCUT2D eigenvalue weighted by molar-refractivity contribution is 7.88. The third kappa shape index (κ3) is 4.29. The minimum atomic E-state index is -3.28. The van der Waals surface area contributed by atoms with Crippen LogP contribution in [0.2, 0.25) is 0 Å². The van der Waals surface area contributed by atoms with Crippen molar-refractivity contribution in [1.82, 2.24) is 4.31 Å². The number of rotatable bonds is 4. The van der Waals surface area contributed by atoms with E-state index in [4.69, 9.17) is 10.00 Å². The second-order valence-electron chi connectivity index (χ2n) is 5.38. The van der Waals surface area contributed by atoms with Gasteiger partial charge in [0, 0.05) is 13.1 Å². The molecule has 1 fully saturated rings. The highest BCUT2D eigenvalue weighted by Crippen LogP contribution is 2.20. The number of hydrogen-bond acceptors (Lipinski definition) is 5. The second kappa shape index (κ2) is 6.90. The summed E-state index contributed by atoms with van der Waals surface area (Å²) < 4.78 is 29.7. The minimum Gasteiger partial charge on any atom is -0.461 e. The fourth-order valence-electron chi connectivity index (χ4n) is 2.44. The Morgan fingerprint density at radius 2 is 2.27 bits per heavy atom. The Balaban J connectivity index is 1.93. The number of esters is 1. The van der Waals surface area contributed by atoms with Crippen LogP contribution in [0.3, 0.4) is 0 Å². The molecule has 1 aromatic rings. The SMILES string of the molecule is CS(=O)(=O)N1CCC[C@@H](C(=O)OCc2cccc(C#N)c2)C1. The van der Waals surface area contributed by atoms with Crippen molar-refractivity contribution >= 4 is 16.0 Å². The molecule has 0 saturated carbocycles. The van der Waals surface area contributed by atoms with Gasteiger partial charge in [-0.1, -0.05) is 12.1 Å². The first-order chi connectivity index (χ1) is 10.4. The van der Waals surface area contributed by atoms with Crippen LogP contribution in [0.5, 0.6) is 0 Å². The van der Waals surface area contributed by atoms with Crippen LogP contribution in [-0.4, -0.2) is 38.0 Å². The number of piperidine rings is 1. The molecule has 1 atom stereocenters. The predicted molar refractivity (Wildman–Crippen MR) is 80.1 cm³/mol. The van der Waals surface area contributed by atoms with Gasteiger partial charge in [-0.25, -0.2) is 12.7 Å². The first-order valence-corrected chi connectivity index (χ1v) is 8.86. The van der Waals surface area contributed by atoms with Crippen molar-refractivity contribution in [3.8, 4) is 6.07 Å². The first-order valence-electron chi connectivity index (χ1n) is 7.01. The topological polar surface area (TPSA) is 87.5 Å². The number of ether oxygens (including phenoxy) is 1. The van der Waals surface area contributed by atoms with E-state index >= 15 is 0 Å². The van der Waals surface area contributed by atoms with Gasteiger partial charge in [-0.2, -0.15) is 5.26 Å². The quantitative estimate of drug-likeness (QED) is 0.779. The smallest absolute Gasteiger partial charge is 0.310 e. The maximum Gasteiger partial charge on any atom is 0.310 e. The van der Waals surface area contributed by atoms with Gasteiger partial charge in [-0.3, -0.25) is 4.79 Å². The van der Waals surface area contributed by atoms with E-state index in [-0.39, 0.29) is 13.2 Å². The molecule has 1 aromatic carbocycles. The second-order valence-corrected chi connectivity index (χ2v) is 7.36.